The highest BCUT2D eigenvalue weighted by Gasteiger charge is 2.20. The van der Waals surface area contributed by atoms with E-state index in [1.165, 1.54) is 11.6 Å². The molecule has 9 nitrogen and oxygen atoms in total. The maximum absolute atomic E-state index is 12.6. The Balaban J connectivity index is 1.49. The lowest BCUT2D eigenvalue weighted by Gasteiger charge is -2.36. The number of ether oxygens (including phenoxy) is 1. The first-order valence-electron chi connectivity index (χ1n) is 9.80. The molecule has 0 N–H and O–H groups in total. The van der Waals surface area contributed by atoms with Crippen molar-refractivity contribution in [3.8, 4) is 5.75 Å². The number of piperazine rings is 1. The first-order valence-corrected chi connectivity index (χ1v) is 9.80. The van der Waals surface area contributed by atoms with Crippen molar-refractivity contribution < 1.29 is 4.74 Å². The molecule has 0 saturated carbocycles. The van der Waals surface area contributed by atoms with Crippen LogP contribution in [0.15, 0.2) is 40.2 Å². The molecule has 0 bridgehead atoms. The molecule has 0 spiro atoms. The van der Waals surface area contributed by atoms with Gasteiger partial charge >= 0.3 is 5.69 Å². The van der Waals surface area contributed by atoms with Crippen LogP contribution in [0, 0.1) is 0 Å². The molecule has 1 aliphatic rings. The summed E-state index contributed by atoms with van der Waals surface area (Å²) in [5.41, 5.74) is 1.36. The SMILES string of the molecule is CCOc1cccc(N2CCN(Cn3cnc4c3c(=O)n(C)c(=O)n4C)CC2)c1. The summed E-state index contributed by atoms with van der Waals surface area (Å²) in [6.07, 6.45) is 1.64. The summed E-state index contributed by atoms with van der Waals surface area (Å²) in [5.74, 6) is 0.888. The number of fused-ring (bicyclic) bond motifs is 1. The van der Waals surface area contributed by atoms with Crippen LogP contribution in [0.1, 0.15) is 6.92 Å². The van der Waals surface area contributed by atoms with Gasteiger partial charge in [-0.05, 0) is 19.1 Å². The van der Waals surface area contributed by atoms with Gasteiger partial charge in [0, 0.05) is 52.0 Å². The summed E-state index contributed by atoms with van der Waals surface area (Å²) in [4.78, 5) is 33.6. The van der Waals surface area contributed by atoms with Gasteiger partial charge in [0.2, 0.25) is 0 Å². The summed E-state index contributed by atoms with van der Waals surface area (Å²) >= 11 is 0. The number of nitrogens with zero attached hydrogens (tertiary/aromatic N) is 6. The molecule has 9 heteroatoms. The van der Waals surface area contributed by atoms with Crippen molar-refractivity contribution >= 4 is 16.9 Å². The average Bonchev–Trinajstić information content (AvgIpc) is 3.15. The first-order chi connectivity index (χ1) is 14.0. The lowest BCUT2D eigenvalue weighted by molar-refractivity contribution is 0.208. The van der Waals surface area contributed by atoms with Crippen LogP contribution in [-0.2, 0) is 20.8 Å². The normalized spacial score (nSPS) is 15.2. The Kier molecular flexibility index (Phi) is 5.14. The van der Waals surface area contributed by atoms with E-state index in [1.807, 2.05) is 23.6 Å². The molecule has 1 aromatic carbocycles. The minimum atomic E-state index is -0.365. The van der Waals surface area contributed by atoms with Gasteiger partial charge in [-0.25, -0.2) is 9.78 Å². The predicted molar refractivity (Wildman–Crippen MR) is 112 cm³/mol. The smallest absolute Gasteiger partial charge is 0.332 e. The molecule has 0 amide bonds. The van der Waals surface area contributed by atoms with Crippen LogP contribution in [0.5, 0.6) is 5.75 Å². The Morgan fingerprint density at radius 3 is 2.55 bits per heavy atom. The topological polar surface area (TPSA) is 77.5 Å². The van der Waals surface area contributed by atoms with Crippen molar-refractivity contribution in [2.75, 3.05) is 37.7 Å². The van der Waals surface area contributed by atoms with Crippen LogP contribution in [0.2, 0.25) is 0 Å². The quantitative estimate of drug-likeness (QED) is 0.627. The second-order valence-electron chi connectivity index (χ2n) is 7.27. The lowest BCUT2D eigenvalue weighted by atomic mass is 10.2. The molecule has 0 atom stereocenters. The zero-order valence-corrected chi connectivity index (χ0v) is 17.0. The molecular formula is C20H26N6O3. The second-order valence-corrected chi connectivity index (χ2v) is 7.27. The highest BCUT2D eigenvalue weighted by molar-refractivity contribution is 5.69. The van der Waals surface area contributed by atoms with Crippen molar-refractivity contribution in [3.63, 3.8) is 0 Å². The van der Waals surface area contributed by atoms with Gasteiger partial charge in [0.25, 0.3) is 5.56 Å². The monoisotopic (exact) mass is 398 g/mol. The van der Waals surface area contributed by atoms with Crippen LogP contribution in [0.3, 0.4) is 0 Å². The molecule has 29 heavy (non-hydrogen) atoms. The lowest BCUT2D eigenvalue weighted by Crippen LogP contribution is -2.47. The van der Waals surface area contributed by atoms with Crippen molar-refractivity contribution in [2.45, 2.75) is 13.6 Å². The maximum Gasteiger partial charge on any atom is 0.332 e. The minimum absolute atomic E-state index is 0.313. The van der Waals surface area contributed by atoms with E-state index in [0.29, 0.717) is 24.4 Å². The van der Waals surface area contributed by atoms with Crippen molar-refractivity contribution in [1.29, 1.82) is 0 Å². The number of hydrogen-bond acceptors (Lipinski definition) is 6. The third-order valence-corrected chi connectivity index (χ3v) is 5.44. The molecule has 3 heterocycles. The molecule has 1 fully saturated rings. The van der Waals surface area contributed by atoms with Crippen LogP contribution in [0.4, 0.5) is 5.69 Å². The number of benzene rings is 1. The maximum atomic E-state index is 12.6. The Morgan fingerprint density at radius 2 is 1.83 bits per heavy atom. The molecule has 3 aromatic rings. The molecule has 2 aromatic heterocycles. The standard InChI is InChI=1S/C20H26N6O3/c1-4-29-16-7-5-6-15(12-16)25-10-8-24(9-11-25)14-26-13-21-18-17(26)19(27)23(3)20(28)22(18)2/h5-7,12-13H,4,8-11,14H2,1-3H3. The fraction of sp³-hybridized carbons (Fsp3) is 0.450. The van der Waals surface area contributed by atoms with E-state index in [4.69, 9.17) is 4.74 Å². The summed E-state index contributed by atoms with van der Waals surface area (Å²) in [6.45, 7) is 6.71. The number of aryl methyl sites for hydroxylation is 1. The van der Waals surface area contributed by atoms with E-state index in [-0.39, 0.29) is 11.2 Å². The number of rotatable bonds is 5. The predicted octanol–water partition coefficient (Wildman–Crippen LogP) is 0.612. The van der Waals surface area contributed by atoms with E-state index in [1.54, 1.807) is 13.4 Å². The van der Waals surface area contributed by atoms with Gasteiger partial charge in [-0.15, -0.1) is 0 Å². The van der Waals surface area contributed by atoms with E-state index < -0.39 is 0 Å². The summed E-state index contributed by atoms with van der Waals surface area (Å²) in [7, 11) is 3.13. The van der Waals surface area contributed by atoms with Gasteiger partial charge in [-0.3, -0.25) is 18.8 Å². The van der Waals surface area contributed by atoms with Crippen LogP contribution in [0.25, 0.3) is 11.2 Å². The third-order valence-electron chi connectivity index (χ3n) is 5.44. The molecule has 1 aliphatic heterocycles. The summed E-state index contributed by atoms with van der Waals surface area (Å²) < 4.78 is 9.98. The highest BCUT2D eigenvalue weighted by Crippen LogP contribution is 2.22. The van der Waals surface area contributed by atoms with Gasteiger partial charge in [-0.2, -0.15) is 0 Å². The number of imidazole rings is 1. The Bertz CT molecular complexity index is 1140. The van der Waals surface area contributed by atoms with Crippen LogP contribution >= 0.6 is 0 Å². The fourth-order valence-electron chi connectivity index (χ4n) is 3.80. The number of hydrogen-bond donors (Lipinski definition) is 0. The van der Waals surface area contributed by atoms with Crippen molar-refractivity contribution in [1.82, 2.24) is 23.6 Å². The Morgan fingerprint density at radius 1 is 1.07 bits per heavy atom. The summed E-state index contributed by atoms with van der Waals surface area (Å²) in [6, 6.07) is 8.17. The average molecular weight is 398 g/mol. The Labute approximate surface area is 168 Å². The minimum Gasteiger partial charge on any atom is -0.494 e. The molecule has 0 unspecified atom stereocenters. The molecule has 0 radical (unpaired) electrons. The van der Waals surface area contributed by atoms with Crippen molar-refractivity contribution in [2.24, 2.45) is 14.1 Å². The number of aromatic nitrogens is 4. The van der Waals surface area contributed by atoms with Crippen LogP contribution < -0.4 is 20.9 Å². The third kappa shape index (κ3) is 3.53. The summed E-state index contributed by atoms with van der Waals surface area (Å²) in [5, 5.41) is 0. The van der Waals surface area contributed by atoms with E-state index in [2.05, 4.69) is 26.9 Å². The zero-order chi connectivity index (χ0) is 20.5. The largest absolute Gasteiger partial charge is 0.494 e. The number of anilines is 1. The van der Waals surface area contributed by atoms with E-state index in [0.717, 1.165) is 42.2 Å². The first kappa shape index (κ1) is 19.3. The molecule has 4 rings (SSSR count). The van der Waals surface area contributed by atoms with Gasteiger partial charge in [0.05, 0.1) is 19.6 Å². The molecule has 154 valence electrons. The second kappa shape index (κ2) is 7.75. The molecule has 1 saturated heterocycles. The van der Waals surface area contributed by atoms with E-state index >= 15 is 0 Å². The highest BCUT2D eigenvalue weighted by atomic mass is 16.5. The van der Waals surface area contributed by atoms with Gasteiger partial charge in [-0.1, -0.05) is 6.07 Å². The molecular weight excluding hydrogens is 372 g/mol. The van der Waals surface area contributed by atoms with Gasteiger partial charge in [0.15, 0.2) is 11.2 Å². The molecule has 0 aliphatic carbocycles. The fourth-order valence-corrected chi connectivity index (χ4v) is 3.80. The zero-order valence-electron chi connectivity index (χ0n) is 17.0. The van der Waals surface area contributed by atoms with E-state index in [9.17, 15) is 9.59 Å². The van der Waals surface area contributed by atoms with Gasteiger partial charge < -0.3 is 14.2 Å². The van der Waals surface area contributed by atoms with Crippen LogP contribution in [-0.4, -0.2) is 56.4 Å². The van der Waals surface area contributed by atoms with Gasteiger partial charge in [0.1, 0.15) is 5.75 Å². The Hall–Kier alpha value is -3.07. The van der Waals surface area contributed by atoms with Crippen molar-refractivity contribution in [3.05, 3.63) is 51.4 Å².